The normalized spacial score (nSPS) is 11.8. The zero-order chi connectivity index (χ0) is 28.0. The molecule has 0 spiro atoms. The summed E-state index contributed by atoms with van der Waals surface area (Å²) in [6.07, 6.45) is 29.2. The Balaban J connectivity index is 1.63. The minimum atomic E-state index is -3.63. The van der Waals surface area contributed by atoms with Gasteiger partial charge < -0.3 is 9.59 Å². The Bertz CT molecular complexity index is 759. The van der Waals surface area contributed by atoms with Gasteiger partial charge >= 0.3 is 8.56 Å². The fraction of sp³-hybridized carbons (Fsp3) is 0.667. The van der Waals surface area contributed by atoms with Crippen molar-refractivity contribution in [3.8, 4) is 0 Å². The van der Waals surface area contributed by atoms with Gasteiger partial charge in [0.1, 0.15) is 0 Å². The van der Waals surface area contributed by atoms with Gasteiger partial charge in [0.2, 0.25) is 0 Å². The molecule has 0 aliphatic rings. The van der Waals surface area contributed by atoms with Crippen molar-refractivity contribution in [2.45, 2.75) is 155 Å². The molecule has 2 aromatic carbocycles. The Morgan fingerprint density at radius 3 is 0.923 bits per heavy atom. The second kappa shape index (κ2) is 21.3. The van der Waals surface area contributed by atoms with E-state index in [2.05, 4.69) is 38.1 Å². The molecule has 39 heavy (non-hydrogen) atoms. The largest absolute Gasteiger partial charge is 0.404 e. The van der Waals surface area contributed by atoms with Crippen LogP contribution in [0.1, 0.15) is 153 Å². The molecule has 0 unspecified atom stereocenters. The van der Waals surface area contributed by atoms with Crippen LogP contribution in [0.3, 0.4) is 0 Å². The van der Waals surface area contributed by atoms with Gasteiger partial charge in [-0.25, -0.2) is 0 Å². The van der Waals surface area contributed by atoms with Crippen molar-refractivity contribution in [2.75, 3.05) is 0 Å². The lowest BCUT2D eigenvalue weighted by molar-refractivity contribution is 0.401. The molecule has 2 rings (SSSR count). The fourth-order valence-corrected chi connectivity index (χ4v) is 7.20. The number of hydrogen-bond acceptors (Lipinski definition) is 2. The van der Waals surface area contributed by atoms with Gasteiger partial charge in [-0.05, 0) is 47.2 Å². The minimum absolute atomic E-state index is 0.678. The maximum absolute atomic E-state index is 11.1. The molecule has 0 atom stereocenters. The zero-order valence-corrected chi connectivity index (χ0v) is 26.6. The molecule has 0 aliphatic carbocycles. The van der Waals surface area contributed by atoms with Crippen LogP contribution < -0.4 is 10.4 Å². The Labute approximate surface area is 242 Å². The van der Waals surface area contributed by atoms with Crippen molar-refractivity contribution in [2.24, 2.45) is 0 Å². The van der Waals surface area contributed by atoms with E-state index in [1.165, 1.54) is 140 Å². The third-order valence-corrected chi connectivity index (χ3v) is 10.6. The SMILES string of the molecule is CCCCCCCCCCCCc1ccc([Si](O)(O)c2ccc(CCCCCCCCCCCC)cc2)cc1. The molecule has 0 saturated carbocycles. The highest BCUT2D eigenvalue weighted by atomic mass is 28.4. The van der Waals surface area contributed by atoms with E-state index in [1.54, 1.807) is 0 Å². The summed E-state index contributed by atoms with van der Waals surface area (Å²) in [5.41, 5.74) is 2.60. The van der Waals surface area contributed by atoms with Crippen LogP contribution in [0.15, 0.2) is 48.5 Å². The summed E-state index contributed by atoms with van der Waals surface area (Å²) in [5.74, 6) is 0. The molecule has 2 N–H and O–H groups in total. The molecule has 0 aliphatic heterocycles. The van der Waals surface area contributed by atoms with Gasteiger partial charge in [-0.3, -0.25) is 0 Å². The first kappa shape index (κ1) is 33.8. The summed E-state index contributed by atoms with van der Waals surface area (Å²) in [7, 11) is -3.63. The highest BCUT2D eigenvalue weighted by molar-refractivity contribution is 6.90. The quantitative estimate of drug-likeness (QED) is 0.101. The summed E-state index contributed by atoms with van der Waals surface area (Å²) in [5, 5.41) is 1.36. The number of aryl methyl sites for hydroxylation is 2. The van der Waals surface area contributed by atoms with E-state index < -0.39 is 8.56 Å². The maximum Gasteiger partial charge on any atom is 0.401 e. The molecule has 0 heterocycles. The number of benzene rings is 2. The predicted molar refractivity (Wildman–Crippen MR) is 173 cm³/mol. The monoisotopic (exact) mass is 552 g/mol. The Morgan fingerprint density at radius 1 is 0.385 bits per heavy atom. The first-order valence-electron chi connectivity index (χ1n) is 16.7. The summed E-state index contributed by atoms with van der Waals surface area (Å²) in [6, 6.07) is 16.1. The standard InChI is InChI=1S/C36H60O2Si/c1-3-5-7-9-11-13-15-17-19-21-23-33-25-29-35(30-26-33)39(37,38)36-31-27-34(28-32-36)24-22-20-18-16-14-12-10-8-6-4-2/h25-32,37-38H,3-24H2,1-2H3. The van der Waals surface area contributed by atoms with E-state index in [4.69, 9.17) is 0 Å². The molecule has 2 aromatic rings. The fourth-order valence-electron chi connectivity index (χ4n) is 5.61. The molecule has 0 radical (unpaired) electrons. The predicted octanol–water partition coefficient (Wildman–Crippen LogP) is 9.15. The van der Waals surface area contributed by atoms with Crippen LogP contribution in [-0.2, 0) is 12.8 Å². The van der Waals surface area contributed by atoms with Crippen LogP contribution in [0, 0.1) is 0 Å². The first-order chi connectivity index (χ1) is 19.1. The Morgan fingerprint density at radius 2 is 0.641 bits per heavy atom. The van der Waals surface area contributed by atoms with E-state index in [0.717, 1.165) is 12.8 Å². The van der Waals surface area contributed by atoms with Crippen LogP contribution in [0.4, 0.5) is 0 Å². The summed E-state index contributed by atoms with van der Waals surface area (Å²) < 4.78 is 0. The summed E-state index contributed by atoms with van der Waals surface area (Å²) in [6.45, 7) is 4.55. The lowest BCUT2D eigenvalue weighted by Gasteiger charge is -2.19. The number of unbranched alkanes of at least 4 members (excludes halogenated alkanes) is 18. The lowest BCUT2D eigenvalue weighted by atomic mass is 10.0. The Kier molecular flexibility index (Phi) is 18.5. The molecule has 0 bridgehead atoms. The van der Waals surface area contributed by atoms with Gasteiger partial charge in [0.15, 0.2) is 0 Å². The van der Waals surface area contributed by atoms with Gasteiger partial charge in [-0.1, -0.05) is 178 Å². The third kappa shape index (κ3) is 14.7. The van der Waals surface area contributed by atoms with E-state index in [9.17, 15) is 9.59 Å². The summed E-state index contributed by atoms with van der Waals surface area (Å²) in [4.78, 5) is 22.1. The van der Waals surface area contributed by atoms with Gasteiger partial charge in [0.05, 0.1) is 0 Å². The average molecular weight is 553 g/mol. The molecule has 0 saturated heterocycles. The van der Waals surface area contributed by atoms with Crippen molar-refractivity contribution in [3.05, 3.63) is 59.7 Å². The topological polar surface area (TPSA) is 40.5 Å². The highest BCUT2D eigenvalue weighted by Crippen LogP contribution is 2.14. The molecule has 3 heteroatoms. The molecule has 220 valence electrons. The van der Waals surface area contributed by atoms with Crippen LogP contribution in [0.25, 0.3) is 0 Å². The third-order valence-electron chi connectivity index (χ3n) is 8.35. The van der Waals surface area contributed by atoms with Gasteiger partial charge in [-0.15, -0.1) is 0 Å². The maximum atomic E-state index is 11.1. The second-order valence-corrected chi connectivity index (χ2v) is 14.4. The first-order valence-corrected chi connectivity index (χ1v) is 18.6. The average Bonchev–Trinajstić information content (AvgIpc) is 2.95. The van der Waals surface area contributed by atoms with Gasteiger partial charge in [-0.2, -0.15) is 0 Å². The highest BCUT2D eigenvalue weighted by Gasteiger charge is 2.34. The second-order valence-electron chi connectivity index (χ2n) is 11.9. The van der Waals surface area contributed by atoms with Crippen molar-refractivity contribution in [3.63, 3.8) is 0 Å². The molecular formula is C36H60O2Si. The van der Waals surface area contributed by atoms with Crippen LogP contribution in [0.5, 0.6) is 0 Å². The van der Waals surface area contributed by atoms with E-state index in [0.29, 0.717) is 10.4 Å². The summed E-state index contributed by atoms with van der Waals surface area (Å²) >= 11 is 0. The van der Waals surface area contributed by atoms with Crippen LogP contribution >= 0.6 is 0 Å². The van der Waals surface area contributed by atoms with E-state index in [1.807, 2.05) is 24.3 Å². The van der Waals surface area contributed by atoms with Gasteiger partial charge in [0.25, 0.3) is 0 Å². The van der Waals surface area contributed by atoms with Crippen molar-refractivity contribution in [1.29, 1.82) is 0 Å². The van der Waals surface area contributed by atoms with Gasteiger partial charge in [0, 0.05) is 0 Å². The molecule has 0 amide bonds. The van der Waals surface area contributed by atoms with Crippen molar-refractivity contribution >= 4 is 18.9 Å². The van der Waals surface area contributed by atoms with Crippen LogP contribution in [0.2, 0.25) is 0 Å². The molecular weight excluding hydrogens is 492 g/mol. The van der Waals surface area contributed by atoms with Crippen molar-refractivity contribution < 1.29 is 9.59 Å². The minimum Gasteiger partial charge on any atom is -0.404 e. The smallest absolute Gasteiger partial charge is 0.401 e. The van der Waals surface area contributed by atoms with Crippen LogP contribution in [-0.4, -0.2) is 18.2 Å². The van der Waals surface area contributed by atoms with E-state index in [-0.39, 0.29) is 0 Å². The Hall–Kier alpha value is -1.42. The van der Waals surface area contributed by atoms with E-state index >= 15 is 0 Å². The molecule has 0 aromatic heterocycles. The van der Waals surface area contributed by atoms with Crippen molar-refractivity contribution in [1.82, 2.24) is 0 Å². The molecule has 2 nitrogen and oxygen atoms in total. The lowest BCUT2D eigenvalue weighted by Crippen LogP contribution is -2.59. The molecule has 0 fully saturated rings. The zero-order valence-electron chi connectivity index (χ0n) is 25.6. The number of rotatable bonds is 24. The number of hydrogen-bond donors (Lipinski definition) is 2.